The molecule has 226 valence electrons. The fourth-order valence-corrected chi connectivity index (χ4v) is 7.33. The molecule has 9 rings (SSSR count). The Kier molecular flexibility index (Phi) is 5.55. The first-order chi connectivity index (χ1) is 22.3. The molecule has 0 fully saturated rings. The van der Waals surface area contributed by atoms with E-state index in [2.05, 4.69) is 157 Å². The third-order valence-corrected chi connectivity index (χ3v) is 9.63. The normalized spacial score (nSPS) is 14.0. The van der Waals surface area contributed by atoms with Gasteiger partial charge in [0.1, 0.15) is 0 Å². The maximum Gasteiger partial charge on any atom is 0.243 e. The topological polar surface area (TPSA) is 23.5 Å². The molecule has 0 radical (unpaired) electrons. The number of fused-ring (bicyclic) bond motifs is 6. The lowest BCUT2D eigenvalue weighted by molar-refractivity contribution is -0.674. The number of imidazole rings is 1. The Balaban J connectivity index is 1.32. The summed E-state index contributed by atoms with van der Waals surface area (Å²) in [5.74, 6) is 0. The van der Waals surface area contributed by atoms with Crippen molar-refractivity contribution >= 4 is 55.9 Å². The largest absolute Gasteiger partial charge is 0.355 e. The van der Waals surface area contributed by atoms with E-state index in [1.165, 1.54) is 55.8 Å². The number of nitrogens with zero attached hydrogens (tertiary/aromatic N) is 6. The highest BCUT2D eigenvalue weighted by Gasteiger charge is 2.31. The number of hydrogen-bond acceptors (Lipinski definition) is 3. The molecule has 0 spiro atoms. The summed E-state index contributed by atoms with van der Waals surface area (Å²) in [7, 11) is 4.17. The van der Waals surface area contributed by atoms with Crippen LogP contribution in [0.1, 0.15) is 26.3 Å². The molecule has 0 unspecified atom stereocenters. The van der Waals surface area contributed by atoms with Gasteiger partial charge in [-0.15, -0.1) is 0 Å². The van der Waals surface area contributed by atoms with Crippen molar-refractivity contribution in [1.29, 1.82) is 0 Å². The van der Waals surface area contributed by atoms with Crippen molar-refractivity contribution in [3.05, 3.63) is 127 Å². The Morgan fingerprint density at radius 1 is 0.674 bits per heavy atom. The lowest BCUT2D eigenvalue weighted by Crippen LogP contribution is -2.25. The summed E-state index contributed by atoms with van der Waals surface area (Å²) in [5.41, 5.74) is 13.2. The molecule has 0 aliphatic carbocycles. The molecule has 2 aromatic heterocycles. The molecule has 5 aromatic carbocycles. The van der Waals surface area contributed by atoms with Crippen LogP contribution < -0.4 is 19.3 Å². The molecule has 0 atom stereocenters. The van der Waals surface area contributed by atoms with Crippen molar-refractivity contribution in [3.63, 3.8) is 0 Å². The number of rotatable bonds is 3. The Morgan fingerprint density at radius 3 is 2.26 bits per heavy atom. The van der Waals surface area contributed by atoms with Crippen LogP contribution in [0, 0.1) is 6.33 Å². The Morgan fingerprint density at radius 2 is 1.46 bits per heavy atom. The first-order valence-corrected chi connectivity index (χ1v) is 15.9. The number of benzene rings is 5. The summed E-state index contributed by atoms with van der Waals surface area (Å²) in [6, 6.07) is 38.2. The van der Waals surface area contributed by atoms with Gasteiger partial charge in [-0.05, 0) is 71.6 Å². The van der Waals surface area contributed by atoms with Gasteiger partial charge in [0.2, 0.25) is 6.33 Å². The van der Waals surface area contributed by atoms with Crippen molar-refractivity contribution in [2.24, 2.45) is 7.05 Å². The zero-order chi connectivity index (χ0) is 31.3. The van der Waals surface area contributed by atoms with E-state index in [9.17, 15) is 0 Å². The maximum absolute atomic E-state index is 3.37. The summed E-state index contributed by atoms with van der Waals surface area (Å²) < 4.78 is 6.48. The van der Waals surface area contributed by atoms with Gasteiger partial charge < -0.3 is 28.4 Å². The summed E-state index contributed by atoms with van der Waals surface area (Å²) in [6.07, 6.45) is 7.44. The number of anilines is 6. The Bertz CT molecular complexity index is 2330. The van der Waals surface area contributed by atoms with E-state index in [0.717, 1.165) is 23.7 Å². The minimum absolute atomic E-state index is 0.0605. The predicted octanol–water partition coefficient (Wildman–Crippen LogP) is 8.83. The summed E-state index contributed by atoms with van der Waals surface area (Å²) in [6.45, 7) is 7.67. The van der Waals surface area contributed by atoms with Gasteiger partial charge in [0.25, 0.3) is 0 Å². The van der Waals surface area contributed by atoms with E-state index >= 15 is 0 Å². The average molecular weight is 601 g/mol. The van der Waals surface area contributed by atoms with Crippen LogP contribution in [0.5, 0.6) is 0 Å². The summed E-state index contributed by atoms with van der Waals surface area (Å²) in [4.78, 5) is 7.18. The molecule has 2 aliphatic heterocycles. The van der Waals surface area contributed by atoms with Crippen LogP contribution in [0.3, 0.4) is 0 Å². The van der Waals surface area contributed by atoms with Crippen molar-refractivity contribution in [2.75, 3.05) is 28.4 Å². The fraction of sp³-hybridized carbons (Fsp3) is 0.175. The second kappa shape index (κ2) is 9.51. The van der Waals surface area contributed by atoms with E-state index < -0.39 is 0 Å². The van der Waals surface area contributed by atoms with E-state index in [1.54, 1.807) is 0 Å². The minimum atomic E-state index is 0.0605. The minimum Gasteiger partial charge on any atom is -0.355 e. The lowest BCUT2D eigenvalue weighted by atomic mass is 9.86. The summed E-state index contributed by atoms with van der Waals surface area (Å²) >= 11 is 0. The maximum atomic E-state index is 3.37. The third-order valence-electron chi connectivity index (χ3n) is 9.63. The van der Waals surface area contributed by atoms with Gasteiger partial charge in [0.05, 0.1) is 58.9 Å². The van der Waals surface area contributed by atoms with E-state index in [0.29, 0.717) is 0 Å². The van der Waals surface area contributed by atoms with Crippen LogP contribution in [-0.4, -0.2) is 22.9 Å². The second-order valence-electron chi connectivity index (χ2n) is 13.7. The Hall–Kier alpha value is -5.49. The van der Waals surface area contributed by atoms with Crippen LogP contribution in [0.15, 0.2) is 116 Å². The second-order valence-corrected chi connectivity index (χ2v) is 13.7. The number of aryl methyl sites for hydroxylation is 1. The fourth-order valence-electron chi connectivity index (χ4n) is 7.33. The zero-order valence-corrected chi connectivity index (χ0v) is 26.9. The van der Waals surface area contributed by atoms with Gasteiger partial charge in [0.15, 0.2) is 0 Å². The van der Waals surface area contributed by atoms with Crippen LogP contribution in [0.25, 0.3) is 33.2 Å². The molecule has 46 heavy (non-hydrogen) atoms. The first kappa shape index (κ1) is 26.9. The standard InChI is InChI=1S/C40H36N6/c1-40(2,3)27-16-18-33-32(22-27)31-12-9-15-37-39(31)46(33)36-19-17-29(44-26-42(5)34-13-6-7-14-35(34)44)24-38(36)45(37)30-11-8-10-28(23-30)43-21-20-41(4)25-43/h6-24H,26H2,1-5H3. The SMILES string of the molecule is CN1CN(c2ccc3c(c2)N(c2cccc(-n4[c-][n+](C)cc4)c2)c2cccc4c5cc(C(C)(C)C)ccc5n-3c24)c2ccccc21. The molecule has 2 aliphatic rings. The molecular weight excluding hydrogens is 564 g/mol. The van der Waals surface area contributed by atoms with Crippen molar-refractivity contribution in [1.82, 2.24) is 9.13 Å². The van der Waals surface area contributed by atoms with Crippen LogP contribution in [0.4, 0.5) is 34.1 Å². The highest BCUT2D eigenvalue weighted by Crippen LogP contribution is 2.52. The van der Waals surface area contributed by atoms with E-state index in [-0.39, 0.29) is 5.41 Å². The predicted molar refractivity (Wildman–Crippen MR) is 189 cm³/mol. The van der Waals surface area contributed by atoms with Gasteiger partial charge in [-0.2, -0.15) is 0 Å². The van der Waals surface area contributed by atoms with Gasteiger partial charge in [-0.1, -0.05) is 63.2 Å². The van der Waals surface area contributed by atoms with Gasteiger partial charge >= 0.3 is 0 Å². The van der Waals surface area contributed by atoms with Crippen LogP contribution >= 0.6 is 0 Å². The molecule has 7 aromatic rings. The molecule has 4 heterocycles. The van der Waals surface area contributed by atoms with Crippen molar-refractivity contribution in [2.45, 2.75) is 26.2 Å². The quantitative estimate of drug-likeness (QED) is 0.150. The number of para-hydroxylation sites is 3. The highest BCUT2D eigenvalue weighted by molar-refractivity contribution is 6.17. The smallest absolute Gasteiger partial charge is 0.243 e. The number of aromatic nitrogens is 3. The molecule has 0 amide bonds. The van der Waals surface area contributed by atoms with Gasteiger partial charge in [-0.25, -0.2) is 0 Å². The third kappa shape index (κ3) is 3.86. The lowest BCUT2D eigenvalue weighted by Gasteiger charge is -2.34. The highest BCUT2D eigenvalue weighted by atomic mass is 15.4. The number of hydrogen-bond donors (Lipinski definition) is 0. The monoisotopic (exact) mass is 600 g/mol. The molecule has 0 saturated heterocycles. The van der Waals surface area contributed by atoms with Crippen LogP contribution in [-0.2, 0) is 12.5 Å². The van der Waals surface area contributed by atoms with Crippen molar-refractivity contribution < 1.29 is 4.57 Å². The molecule has 6 heteroatoms. The van der Waals surface area contributed by atoms with Gasteiger partial charge in [0, 0.05) is 41.6 Å². The zero-order valence-electron chi connectivity index (χ0n) is 26.9. The molecule has 6 nitrogen and oxygen atoms in total. The molecule has 0 bridgehead atoms. The first-order valence-electron chi connectivity index (χ1n) is 15.9. The van der Waals surface area contributed by atoms with Crippen molar-refractivity contribution in [3.8, 4) is 11.4 Å². The van der Waals surface area contributed by atoms with E-state index in [4.69, 9.17) is 0 Å². The summed E-state index contributed by atoms with van der Waals surface area (Å²) in [5, 5.41) is 2.56. The van der Waals surface area contributed by atoms with Gasteiger partial charge in [-0.3, -0.25) is 0 Å². The molecular formula is C40H36N6. The van der Waals surface area contributed by atoms with E-state index in [1.807, 2.05) is 28.6 Å². The average Bonchev–Trinajstić information content (AvgIpc) is 3.75. The molecule has 0 saturated carbocycles. The molecule has 0 N–H and O–H groups in total. The Labute approximate surface area is 269 Å². The van der Waals surface area contributed by atoms with Crippen LogP contribution in [0.2, 0.25) is 0 Å².